The van der Waals surface area contributed by atoms with Gasteiger partial charge in [0.05, 0.1) is 11.6 Å². The number of nitrogens with zero attached hydrogens (tertiary/aromatic N) is 1. The summed E-state index contributed by atoms with van der Waals surface area (Å²) in [6.45, 7) is 5.92. The Morgan fingerprint density at radius 3 is 2.56 bits per heavy atom. The maximum absolute atomic E-state index is 13.9. The minimum absolute atomic E-state index is 0.151. The van der Waals surface area contributed by atoms with Gasteiger partial charge in [0.15, 0.2) is 0 Å². The van der Waals surface area contributed by atoms with Crippen LogP contribution in [0.3, 0.4) is 0 Å². The van der Waals surface area contributed by atoms with Crippen molar-refractivity contribution in [3.05, 3.63) is 34.6 Å². The van der Waals surface area contributed by atoms with Crippen molar-refractivity contribution in [3.8, 4) is 6.07 Å². The van der Waals surface area contributed by atoms with Crippen LogP contribution in [0.4, 0.5) is 4.39 Å². The van der Waals surface area contributed by atoms with Gasteiger partial charge in [-0.15, -0.1) is 0 Å². The lowest BCUT2D eigenvalue weighted by molar-refractivity contribution is 0.458. The highest BCUT2D eigenvalue weighted by molar-refractivity contribution is 5.44. The summed E-state index contributed by atoms with van der Waals surface area (Å²) < 4.78 is 13.9. The predicted octanol–water partition coefficient (Wildman–Crippen LogP) is 3.29. The van der Waals surface area contributed by atoms with Gasteiger partial charge in [0.1, 0.15) is 5.82 Å². The Hall–Kier alpha value is -1.40. The summed E-state index contributed by atoms with van der Waals surface area (Å²) in [5.41, 5.74) is 2.26. The highest BCUT2D eigenvalue weighted by Crippen LogP contribution is 2.31. The number of halogens is 1. The van der Waals surface area contributed by atoms with Crippen molar-refractivity contribution in [2.75, 3.05) is 13.1 Å². The number of hydrogen-bond acceptors (Lipinski definition) is 2. The maximum atomic E-state index is 13.9. The molecule has 0 aliphatic carbocycles. The topological polar surface area (TPSA) is 35.8 Å². The van der Waals surface area contributed by atoms with Gasteiger partial charge in [-0.25, -0.2) is 4.39 Å². The largest absolute Gasteiger partial charge is 0.317 e. The van der Waals surface area contributed by atoms with Gasteiger partial charge >= 0.3 is 0 Å². The van der Waals surface area contributed by atoms with Crippen molar-refractivity contribution in [1.82, 2.24) is 5.32 Å². The Kier molecular flexibility index (Phi) is 3.98. The van der Waals surface area contributed by atoms with Crippen LogP contribution in [0.5, 0.6) is 0 Å². The second-order valence-corrected chi connectivity index (χ2v) is 5.25. The van der Waals surface area contributed by atoms with E-state index in [0.29, 0.717) is 11.5 Å². The van der Waals surface area contributed by atoms with Gasteiger partial charge in [-0.05, 0) is 55.0 Å². The van der Waals surface area contributed by atoms with Gasteiger partial charge in [-0.3, -0.25) is 0 Å². The lowest BCUT2D eigenvalue weighted by Crippen LogP contribution is -2.27. The van der Waals surface area contributed by atoms with Gasteiger partial charge < -0.3 is 5.32 Å². The average molecular weight is 246 g/mol. The quantitative estimate of drug-likeness (QED) is 0.869. The highest BCUT2D eigenvalue weighted by Gasteiger charge is 2.21. The molecule has 96 valence electrons. The Balaban J connectivity index is 2.43. The average Bonchev–Trinajstić information content (AvgIpc) is 2.39. The number of hydrogen-bond donors (Lipinski definition) is 1. The van der Waals surface area contributed by atoms with E-state index >= 15 is 0 Å². The summed E-state index contributed by atoms with van der Waals surface area (Å²) >= 11 is 0. The molecule has 2 rings (SSSR count). The minimum Gasteiger partial charge on any atom is -0.317 e. The van der Waals surface area contributed by atoms with Crippen molar-refractivity contribution < 1.29 is 4.39 Å². The Morgan fingerprint density at radius 1 is 1.33 bits per heavy atom. The van der Waals surface area contributed by atoms with Crippen molar-refractivity contribution in [1.29, 1.82) is 5.26 Å². The molecule has 1 aliphatic heterocycles. The van der Waals surface area contributed by atoms with Gasteiger partial charge in [0.25, 0.3) is 0 Å². The fourth-order valence-electron chi connectivity index (χ4n) is 2.62. The number of benzene rings is 1. The number of nitrogens with one attached hydrogen (secondary N) is 1. The molecule has 0 radical (unpaired) electrons. The molecule has 1 aliphatic rings. The van der Waals surface area contributed by atoms with E-state index in [4.69, 9.17) is 0 Å². The van der Waals surface area contributed by atoms with Gasteiger partial charge in [0.2, 0.25) is 0 Å². The molecule has 0 unspecified atom stereocenters. The van der Waals surface area contributed by atoms with Gasteiger partial charge in [-0.1, -0.05) is 19.9 Å². The smallest absolute Gasteiger partial charge is 0.127 e. The lowest BCUT2D eigenvalue weighted by Gasteiger charge is -2.25. The first-order valence-electron chi connectivity index (χ1n) is 6.57. The molecule has 0 atom stereocenters. The zero-order valence-electron chi connectivity index (χ0n) is 11.0. The van der Waals surface area contributed by atoms with Crippen LogP contribution in [0.25, 0.3) is 0 Å². The SMILES string of the molecule is CC(C)c1cc(C2CCNCC2)c(C#N)cc1F. The molecule has 0 bridgehead atoms. The van der Waals surface area contributed by atoms with Gasteiger partial charge in [-0.2, -0.15) is 5.26 Å². The van der Waals surface area contributed by atoms with E-state index in [1.165, 1.54) is 6.07 Å². The maximum Gasteiger partial charge on any atom is 0.127 e. The van der Waals surface area contributed by atoms with Crippen molar-refractivity contribution in [2.45, 2.75) is 38.5 Å². The van der Waals surface area contributed by atoms with Crippen LogP contribution in [-0.2, 0) is 0 Å². The molecule has 1 N–H and O–H groups in total. The van der Waals surface area contributed by atoms with E-state index in [1.54, 1.807) is 0 Å². The van der Waals surface area contributed by atoms with Crippen molar-refractivity contribution >= 4 is 0 Å². The zero-order valence-corrected chi connectivity index (χ0v) is 11.0. The predicted molar refractivity (Wildman–Crippen MR) is 70.0 cm³/mol. The summed E-state index contributed by atoms with van der Waals surface area (Å²) in [5.74, 6) is 0.288. The Bertz CT molecular complexity index is 468. The molecular formula is C15H19FN2. The molecule has 0 saturated carbocycles. The second-order valence-electron chi connectivity index (χ2n) is 5.25. The number of piperidine rings is 1. The lowest BCUT2D eigenvalue weighted by atomic mass is 9.85. The molecular weight excluding hydrogens is 227 g/mol. The highest BCUT2D eigenvalue weighted by atomic mass is 19.1. The first-order chi connectivity index (χ1) is 8.63. The van der Waals surface area contributed by atoms with E-state index in [9.17, 15) is 9.65 Å². The van der Waals surface area contributed by atoms with E-state index in [-0.39, 0.29) is 11.7 Å². The number of nitriles is 1. The second kappa shape index (κ2) is 5.49. The third-order valence-corrected chi connectivity index (χ3v) is 3.69. The van der Waals surface area contributed by atoms with Crippen LogP contribution in [-0.4, -0.2) is 13.1 Å². The molecule has 1 aromatic rings. The molecule has 18 heavy (non-hydrogen) atoms. The Morgan fingerprint density at radius 2 is 2.00 bits per heavy atom. The summed E-state index contributed by atoms with van der Waals surface area (Å²) in [4.78, 5) is 0. The number of rotatable bonds is 2. The van der Waals surface area contributed by atoms with E-state index in [1.807, 2.05) is 19.9 Å². The van der Waals surface area contributed by atoms with Crippen molar-refractivity contribution in [2.24, 2.45) is 0 Å². The fraction of sp³-hybridized carbons (Fsp3) is 0.533. The third-order valence-electron chi connectivity index (χ3n) is 3.69. The van der Waals surface area contributed by atoms with Gasteiger partial charge in [0, 0.05) is 0 Å². The third kappa shape index (κ3) is 2.54. The first kappa shape index (κ1) is 13.0. The van der Waals surface area contributed by atoms with Crippen LogP contribution in [0, 0.1) is 17.1 Å². The van der Waals surface area contributed by atoms with Crippen LogP contribution in [0.1, 0.15) is 55.2 Å². The minimum atomic E-state index is -0.251. The summed E-state index contributed by atoms with van der Waals surface area (Å²) in [5, 5.41) is 12.5. The molecule has 1 aromatic carbocycles. The summed E-state index contributed by atoms with van der Waals surface area (Å²) in [7, 11) is 0. The molecule has 3 heteroatoms. The fourth-order valence-corrected chi connectivity index (χ4v) is 2.62. The normalized spacial score (nSPS) is 16.8. The molecule has 2 nitrogen and oxygen atoms in total. The van der Waals surface area contributed by atoms with Crippen LogP contribution in [0.2, 0.25) is 0 Å². The van der Waals surface area contributed by atoms with Crippen molar-refractivity contribution in [3.63, 3.8) is 0 Å². The molecule has 1 saturated heterocycles. The zero-order chi connectivity index (χ0) is 13.1. The first-order valence-corrected chi connectivity index (χ1v) is 6.57. The van der Waals surface area contributed by atoms with Crippen LogP contribution in [0.15, 0.2) is 12.1 Å². The molecule has 1 heterocycles. The summed E-state index contributed by atoms with van der Waals surface area (Å²) in [6.07, 6.45) is 2.05. The van der Waals surface area contributed by atoms with Crippen LogP contribution < -0.4 is 5.32 Å². The monoisotopic (exact) mass is 246 g/mol. The molecule has 0 spiro atoms. The molecule has 0 aromatic heterocycles. The molecule has 1 fully saturated rings. The van der Waals surface area contributed by atoms with E-state index < -0.39 is 0 Å². The summed E-state index contributed by atoms with van der Waals surface area (Å²) in [6, 6.07) is 5.46. The Labute approximate surface area is 108 Å². The van der Waals surface area contributed by atoms with E-state index in [0.717, 1.165) is 37.1 Å². The standard InChI is InChI=1S/C15H19FN2/c1-10(2)13-8-14(11-3-5-18-6-4-11)12(9-17)7-15(13)16/h7-8,10-11,18H,3-6H2,1-2H3. The van der Waals surface area contributed by atoms with E-state index in [2.05, 4.69) is 11.4 Å². The molecule has 0 amide bonds. The van der Waals surface area contributed by atoms with Crippen LogP contribution >= 0.6 is 0 Å².